The van der Waals surface area contributed by atoms with Gasteiger partial charge in [-0.15, -0.1) is 23.2 Å². The Hall–Kier alpha value is 0.610. The van der Waals surface area contributed by atoms with Gasteiger partial charge in [0.2, 0.25) is 0 Å². The van der Waals surface area contributed by atoms with Crippen LogP contribution >= 0.6 is 34.8 Å². The molecule has 0 fully saturated rings. The number of alkyl halides is 2. The van der Waals surface area contributed by atoms with E-state index in [-0.39, 0.29) is 0 Å². The van der Waals surface area contributed by atoms with E-state index < -0.39 is 0 Å². The van der Waals surface area contributed by atoms with Gasteiger partial charge in [-0.3, -0.25) is 0 Å². The van der Waals surface area contributed by atoms with Crippen molar-refractivity contribution < 1.29 is 0 Å². The zero-order chi connectivity index (χ0) is 5.70. The standard InChI is InChI=1S/C4H5Cl3/c5-1-4(2-6)3-7/h1H,2-3H2. The van der Waals surface area contributed by atoms with Gasteiger partial charge >= 0.3 is 0 Å². The van der Waals surface area contributed by atoms with Crippen molar-refractivity contribution in [3.8, 4) is 0 Å². The van der Waals surface area contributed by atoms with Gasteiger partial charge in [-0.1, -0.05) is 11.6 Å². The molecule has 0 heterocycles. The first-order chi connectivity index (χ1) is 3.35. The quantitative estimate of drug-likeness (QED) is 0.543. The van der Waals surface area contributed by atoms with Crippen molar-refractivity contribution in [2.45, 2.75) is 0 Å². The first-order valence-corrected chi connectivity index (χ1v) is 3.25. The van der Waals surface area contributed by atoms with E-state index >= 15 is 0 Å². The lowest BCUT2D eigenvalue weighted by atomic mass is 10.4. The van der Waals surface area contributed by atoms with Crippen LogP contribution in [0.3, 0.4) is 0 Å². The van der Waals surface area contributed by atoms with Crippen LogP contribution in [0.25, 0.3) is 0 Å². The summed E-state index contributed by atoms with van der Waals surface area (Å²) in [7, 11) is 0. The summed E-state index contributed by atoms with van der Waals surface area (Å²) in [5, 5.41) is 0. The maximum atomic E-state index is 5.33. The number of hydrogen-bond donors (Lipinski definition) is 0. The van der Waals surface area contributed by atoms with Gasteiger partial charge < -0.3 is 0 Å². The smallest absolute Gasteiger partial charge is 0.0456 e. The van der Waals surface area contributed by atoms with Gasteiger partial charge in [-0.25, -0.2) is 0 Å². The van der Waals surface area contributed by atoms with Crippen LogP contribution in [0.1, 0.15) is 0 Å². The second-order valence-corrected chi connectivity index (χ2v) is 1.79. The van der Waals surface area contributed by atoms with Crippen molar-refractivity contribution >= 4 is 34.8 Å². The van der Waals surface area contributed by atoms with Crippen LogP contribution in [0.2, 0.25) is 0 Å². The molecule has 0 saturated heterocycles. The van der Waals surface area contributed by atoms with E-state index in [1.807, 2.05) is 0 Å². The van der Waals surface area contributed by atoms with Crippen molar-refractivity contribution in [1.29, 1.82) is 0 Å². The van der Waals surface area contributed by atoms with E-state index in [4.69, 9.17) is 34.8 Å². The highest BCUT2D eigenvalue weighted by molar-refractivity contribution is 6.29. The zero-order valence-electron chi connectivity index (χ0n) is 3.63. The van der Waals surface area contributed by atoms with Crippen molar-refractivity contribution in [3.63, 3.8) is 0 Å². The van der Waals surface area contributed by atoms with Gasteiger partial charge in [-0.2, -0.15) is 0 Å². The van der Waals surface area contributed by atoms with Gasteiger partial charge in [0.15, 0.2) is 0 Å². The second-order valence-electron chi connectivity index (χ2n) is 1.03. The molecule has 0 atom stereocenters. The van der Waals surface area contributed by atoms with Crippen molar-refractivity contribution in [3.05, 3.63) is 11.1 Å². The third kappa shape index (κ3) is 3.22. The van der Waals surface area contributed by atoms with Crippen LogP contribution in [0, 0.1) is 0 Å². The first-order valence-electron chi connectivity index (χ1n) is 1.75. The largest absolute Gasteiger partial charge is 0.122 e. The Labute approximate surface area is 58.1 Å². The van der Waals surface area contributed by atoms with E-state index in [9.17, 15) is 0 Å². The molecule has 0 aliphatic rings. The summed E-state index contributed by atoms with van der Waals surface area (Å²) in [6, 6.07) is 0. The Bertz CT molecular complexity index is 61.3. The molecule has 0 bridgehead atoms. The van der Waals surface area contributed by atoms with Crippen molar-refractivity contribution in [2.24, 2.45) is 0 Å². The van der Waals surface area contributed by atoms with Crippen LogP contribution < -0.4 is 0 Å². The second kappa shape index (κ2) is 4.76. The molecule has 42 valence electrons. The molecular weight excluding hydrogens is 154 g/mol. The maximum Gasteiger partial charge on any atom is 0.0456 e. The summed E-state index contributed by atoms with van der Waals surface area (Å²) in [4.78, 5) is 0. The Kier molecular flexibility index (Phi) is 5.18. The molecule has 0 unspecified atom stereocenters. The van der Waals surface area contributed by atoms with E-state index in [0.29, 0.717) is 11.8 Å². The highest BCUT2D eigenvalue weighted by Gasteiger charge is 1.87. The summed E-state index contributed by atoms with van der Waals surface area (Å²) >= 11 is 15.9. The zero-order valence-corrected chi connectivity index (χ0v) is 5.89. The minimum atomic E-state index is 0.424. The molecule has 3 heteroatoms. The highest BCUT2D eigenvalue weighted by Crippen LogP contribution is 2.01. The van der Waals surface area contributed by atoms with E-state index in [1.54, 1.807) is 0 Å². The Morgan fingerprint density at radius 2 is 1.71 bits per heavy atom. The predicted molar refractivity (Wildman–Crippen MR) is 35.4 cm³/mol. The molecule has 0 aromatic heterocycles. The number of hydrogen-bond acceptors (Lipinski definition) is 0. The van der Waals surface area contributed by atoms with Gasteiger partial charge in [0.05, 0.1) is 0 Å². The van der Waals surface area contributed by atoms with Crippen molar-refractivity contribution in [2.75, 3.05) is 11.8 Å². The summed E-state index contributed by atoms with van der Waals surface area (Å²) in [6.07, 6.45) is 0. The van der Waals surface area contributed by atoms with Crippen LogP contribution in [-0.4, -0.2) is 11.8 Å². The van der Waals surface area contributed by atoms with Gasteiger partial charge in [0, 0.05) is 17.3 Å². The molecule has 0 radical (unpaired) electrons. The molecule has 0 aromatic carbocycles. The molecule has 0 aliphatic carbocycles. The number of rotatable bonds is 2. The molecule has 0 rings (SSSR count). The third-order valence-corrected chi connectivity index (χ3v) is 1.49. The summed E-state index contributed by atoms with van der Waals surface area (Å²) in [6.45, 7) is 0. The SMILES string of the molecule is ClC=C(CCl)CCl. The van der Waals surface area contributed by atoms with Crippen LogP contribution in [0.4, 0.5) is 0 Å². The molecule has 0 aliphatic heterocycles. The van der Waals surface area contributed by atoms with Crippen molar-refractivity contribution in [1.82, 2.24) is 0 Å². The monoisotopic (exact) mass is 158 g/mol. The fourth-order valence-corrected chi connectivity index (χ4v) is 0.846. The van der Waals surface area contributed by atoms with Crippen LogP contribution in [0.5, 0.6) is 0 Å². The summed E-state index contributed by atoms with van der Waals surface area (Å²) < 4.78 is 0. The summed E-state index contributed by atoms with van der Waals surface area (Å²) in [5.74, 6) is 0.847. The average Bonchev–Trinajstić information content (AvgIpc) is 1.72. The highest BCUT2D eigenvalue weighted by atomic mass is 35.5. The molecule has 0 amide bonds. The lowest BCUT2D eigenvalue weighted by Crippen LogP contribution is -1.81. The lowest BCUT2D eigenvalue weighted by molar-refractivity contribution is 1.43. The Morgan fingerprint density at radius 1 is 1.29 bits per heavy atom. The van der Waals surface area contributed by atoms with Gasteiger partial charge in [0.25, 0.3) is 0 Å². The molecule has 7 heavy (non-hydrogen) atoms. The molecular formula is C4H5Cl3. The van der Waals surface area contributed by atoms with E-state index in [0.717, 1.165) is 5.57 Å². The topological polar surface area (TPSA) is 0 Å². The minimum Gasteiger partial charge on any atom is -0.122 e. The molecule has 0 spiro atoms. The third-order valence-electron chi connectivity index (χ3n) is 0.498. The number of halogens is 3. The minimum absolute atomic E-state index is 0.424. The van der Waals surface area contributed by atoms with E-state index in [1.165, 1.54) is 5.54 Å². The van der Waals surface area contributed by atoms with Gasteiger partial charge in [0.1, 0.15) is 0 Å². The Balaban J connectivity index is 3.38. The van der Waals surface area contributed by atoms with E-state index in [2.05, 4.69) is 0 Å². The Morgan fingerprint density at radius 3 is 1.71 bits per heavy atom. The fraction of sp³-hybridized carbons (Fsp3) is 0.500. The molecule has 0 aromatic rings. The average molecular weight is 159 g/mol. The number of allylic oxidation sites excluding steroid dienone is 1. The molecule has 0 nitrogen and oxygen atoms in total. The van der Waals surface area contributed by atoms with Gasteiger partial charge in [-0.05, 0) is 5.57 Å². The molecule has 0 N–H and O–H groups in total. The summed E-state index contributed by atoms with van der Waals surface area (Å²) in [5.41, 5.74) is 2.25. The molecule has 0 saturated carbocycles. The normalized spacial score (nSPS) is 8.43. The first kappa shape index (κ1) is 7.61. The lowest BCUT2D eigenvalue weighted by Gasteiger charge is -1.88. The fourth-order valence-electron chi connectivity index (χ4n) is 0.0940. The maximum absolute atomic E-state index is 5.33. The van der Waals surface area contributed by atoms with Crippen LogP contribution in [-0.2, 0) is 0 Å². The predicted octanol–water partition coefficient (Wildman–Crippen LogP) is 2.59. The van der Waals surface area contributed by atoms with Crippen LogP contribution in [0.15, 0.2) is 11.1 Å².